The molecular weight excluding hydrogens is 546 g/mol. The number of hydrogen-bond acceptors (Lipinski definition) is 2. The first kappa shape index (κ1) is 25.9. The highest BCUT2D eigenvalue weighted by Gasteiger charge is 2.38. The van der Waals surface area contributed by atoms with E-state index in [1.54, 1.807) is 0 Å². The lowest BCUT2D eigenvalue weighted by Crippen LogP contribution is -2.17. The van der Waals surface area contributed by atoms with Crippen molar-refractivity contribution in [3.63, 3.8) is 0 Å². The second-order valence-corrected chi connectivity index (χ2v) is 12.5. The van der Waals surface area contributed by atoms with Crippen molar-refractivity contribution in [3.8, 4) is 22.3 Å². The molecule has 1 aliphatic rings. The van der Waals surface area contributed by atoms with Gasteiger partial charge in [0.15, 0.2) is 5.58 Å². The highest BCUT2D eigenvalue weighted by atomic mass is 16.3. The zero-order chi connectivity index (χ0) is 30.1. The summed E-state index contributed by atoms with van der Waals surface area (Å²) in [6.07, 6.45) is 0. The van der Waals surface area contributed by atoms with E-state index in [-0.39, 0.29) is 5.41 Å². The highest BCUT2D eigenvalue weighted by Crippen LogP contribution is 2.55. The van der Waals surface area contributed by atoms with Gasteiger partial charge in [0.2, 0.25) is 0 Å². The van der Waals surface area contributed by atoms with Crippen LogP contribution in [0.15, 0.2) is 156 Å². The molecule has 0 N–H and O–H groups in total. The van der Waals surface area contributed by atoms with Gasteiger partial charge in [0.1, 0.15) is 5.58 Å². The first-order valence-electron chi connectivity index (χ1n) is 15.6. The summed E-state index contributed by atoms with van der Waals surface area (Å²) < 4.78 is 6.67. The van der Waals surface area contributed by atoms with Gasteiger partial charge in [-0.3, -0.25) is 0 Å². The van der Waals surface area contributed by atoms with Gasteiger partial charge in [-0.15, -0.1) is 0 Å². The van der Waals surface area contributed by atoms with Crippen LogP contribution in [0, 0.1) is 0 Å². The Kier molecular flexibility index (Phi) is 5.58. The molecule has 0 fully saturated rings. The number of nitrogens with zero attached hydrogens (tertiary/aromatic N) is 1. The topological polar surface area (TPSA) is 16.4 Å². The molecule has 9 rings (SSSR count). The van der Waals surface area contributed by atoms with Crippen molar-refractivity contribution >= 4 is 49.8 Å². The van der Waals surface area contributed by atoms with Crippen LogP contribution in [0.4, 0.5) is 17.1 Å². The van der Waals surface area contributed by atoms with Gasteiger partial charge in [-0.2, -0.15) is 0 Å². The molecule has 0 radical (unpaired) electrons. The third-order valence-electron chi connectivity index (χ3n) is 9.61. The summed E-state index contributed by atoms with van der Waals surface area (Å²) in [6, 6.07) is 54.6. The highest BCUT2D eigenvalue weighted by molar-refractivity contribution is 6.12. The van der Waals surface area contributed by atoms with Crippen LogP contribution in [0.25, 0.3) is 55.0 Å². The Morgan fingerprint density at radius 2 is 1.16 bits per heavy atom. The first-order chi connectivity index (χ1) is 22.1. The van der Waals surface area contributed by atoms with Crippen LogP contribution in [-0.2, 0) is 5.41 Å². The molecule has 0 unspecified atom stereocenters. The minimum absolute atomic E-state index is 0.140. The van der Waals surface area contributed by atoms with Crippen molar-refractivity contribution in [2.24, 2.45) is 0 Å². The Hall–Kier alpha value is -5.60. The zero-order valence-electron chi connectivity index (χ0n) is 25.3. The molecule has 2 nitrogen and oxygen atoms in total. The van der Waals surface area contributed by atoms with Gasteiger partial charge in [0, 0.05) is 27.3 Å². The summed E-state index contributed by atoms with van der Waals surface area (Å²) >= 11 is 0. The van der Waals surface area contributed by atoms with Gasteiger partial charge < -0.3 is 9.32 Å². The predicted octanol–water partition coefficient (Wildman–Crippen LogP) is 12.2. The fraction of sp³-hybridized carbons (Fsp3) is 0.0698. The Balaban J connectivity index is 1.41. The smallest absolute Gasteiger partial charge is 0.159 e. The lowest BCUT2D eigenvalue weighted by Gasteiger charge is -2.30. The molecule has 0 saturated carbocycles. The van der Waals surface area contributed by atoms with Crippen LogP contribution < -0.4 is 4.90 Å². The average Bonchev–Trinajstić information content (AvgIpc) is 3.58. The molecule has 7 aromatic carbocycles. The quantitative estimate of drug-likeness (QED) is 0.207. The summed E-state index contributed by atoms with van der Waals surface area (Å²) in [5.74, 6) is 0. The Bertz CT molecular complexity index is 2410. The van der Waals surface area contributed by atoms with Crippen molar-refractivity contribution in [3.05, 3.63) is 163 Å². The Morgan fingerprint density at radius 3 is 2.04 bits per heavy atom. The van der Waals surface area contributed by atoms with E-state index < -0.39 is 0 Å². The fourth-order valence-electron chi connectivity index (χ4n) is 7.60. The zero-order valence-corrected chi connectivity index (χ0v) is 25.3. The molecule has 8 aromatic rings. The maximum absolute atomic E-state index is 6.67. The Morgan fingerprint density at radius 1 is 0.511 bits per heavy atom. The molecular formula is C43H31NO. The maximum Gasteiger partial charge on any atom is 0.159 e. The van der Waals surface area contributed by atoms with Gasteiger partial charge in [0.05, 0.1) is 11.4 Å². The van der Waals surface area contributed by atoms with Crippen LogP contribution in [0.5, 0.6) is 0 Å². The lowest BCUT2D eigenvalue weighted by atomic mass is 9.78. The molecule has 2 heteroatoms. The van der Waals surface area contributed by atoms with E-state index in [9.17, 15) is 0 Å². The minimum Gasteiger partial charge on any atom is -0.454 e. The molecule has 0 amide bonds. The van der Waals surface area contributed by atoms with Crippen molar-refractivity contribution in [2.45, 2.75) is 19.3 Å². The van der Waals surface area contributed by atoms with E-state index in [0.717, 1.165) is 39.0 Å². The molecule has 1 aromatic heterocycles. The van der Waals surface area contributed by atoms with E-state index in [0.29, 0.717) is 0 Å². The van der Waals surface area contributed by atoms with E-state index in [1.165, 1.54) is 44.2 Å². The van der Waals surface area contributed by atoms with Gasteiger partial charge in [-0.25, -0.2) is 0 Å². The lowest BCUT2D eigenvalue weighted by molar-refractivity contribution is 0.662. The summed E-state index contributed by atoms with van der Waals surface area (Å²) in [4.78, 5) is 2.41. The summed E-state index contributed by atoms with van der Waals surface area (Å²) in [7, 11) is 0. The summed E-state index contributed by atoms with van der Waals surface area (Å²) in [5.41, 5.74) is 12.7. The minimum atomic E-state index is -0.140. The predicted molar refractivity (Wildman–Crippen MR) is 189 cm³/mol. The fourth-order valence-corrected chi connectivity index (χ4v) is 7.60. The van der Waals surface area contributed by atoms with Crippen LogP contribution in [0.2, 0.25) is 0 Å². The number of fused-ring (bicyclic) bond motifs is 7. The number of rotatable bonds is 4. The monoisotopic (exact) mass is 577 g/mol. The second-order valence-electron chi connectivity index (χ2n) is 12.5. The summed E-state index contributed by atoms with van der Waals surface area (Å²) in [6.45, 7) is 4.72. The summed E-state index contributed by atoms with van der Waals surface area (Å²) in [5, 5.41) is 4.63. The van der Waals surface area contributed by atoms with Crippen molar-refractivity contribution < 1.29 is 4.42 Å². The normalized spacial score (nSPS) is 13.3. The molecule has 0 aliphatic heterocycles. The molecule has 45 heavy (non-hydrogen) atoms. The standard InChI is InChI=1S/C43H31NO/c1-43(2)37-22-10-8-19-32(37)36-27-30(26-35(41(36)43)29-14-4-3-5-15-29)44(38-23-12-17-28-16-6-7-18-31(28)38)39-24-13-21-34-33-20-9-11-25-40(33)45-42(34)39/h3-27H,1-2H3. The SMILES string of the molecule is CC1(C)c2ccccc2-c2cc(N(c3cccc4ccccc34)c3cccc4c3oc3ccccc34)cc(-c3ccccc3)c21. The molecule has 0 saturated heterocycles. The van der Waals surface area contributed by atoms with E-state index >= 15 is 0 Å². The van der Waals surface area contributed by atoms with Gasteiger partial charge in [0.25, 0.3) is 0 Å². The molecule has 1 heterocycles. The van der Waals surface area contributed by atoms with Crippen molar-refractivity contribution in [2.75, 3.05) is 4.90 Å². The number of anilines is 3. The maximum atomic E-state index is 6.67. The third-order valence-corrected chi connectivity index (χ3v) is 9.61. The number of hydrogen-bond donors (Lipinski definition) is 0. The van der Waals surface area contributed by atoms with Crippen LogP contribution in [0.1, 0.15) is 25.0 Å². The average molecular weight is 578 g/mol. The molecule has 0 bridgehead atoms. The van der Waals surface area contributed by atoms with Gasteiger partial charge in [-0.05, 0) is 69.1 Å². The third kappa shape index (κ3) is 3.82. The Labute approximate surface area is 262 Å². The van der Waals surface area contributed by atoms with E-state index in [2.05, 4.69) is 164 Å². The van der Waals surface area contributed by atoms with Crippen molar-refractivity contribution in [1.29, 1.82) is 0 Å². The van der Waals surface area contributed by atoms with Crippen molar-refractivity contribution in [1.82, 2.24) is 0 Å². The van der Waals surface area contributed by atoms with Crippen LogP contribution >= 0.6 is 0 Å². The van der Waals surface area contributed by atoms with Gasteiger partial charge >= 0.3 is 0 Å². The largest absolute Gasteiger partial charge is 0.454 e. The number of furan rings is 1. The molecule has 1 aliphatic carbocycles. The number of para-hydroxylation sites is 2. The van der Waals surface area contributed by atoms with E-state index in [4.69, 9.17) is 4.42 Å². The second kappa shape index (κ2) is 9.70. The van der Waals surface area contributed by atoms with Crippen LogP contribution in [0.3, 0.4) is 0 Å². The van der Waals surface area contributed by atoms with Crippen LogP contribution in [-0.4, -0.2) is 0 Å². The van der Waals surface area contributed by atoms with Gasteiger partial charge in [-0.1, -0.05) is 135 Å². The molecule has 0 spiro atoms. The number of benzene rings is 7. The van der Waals surface area contributed by atoms with E-state index in [1.807, 2.05) is 6.07 Å². The molecule has 0 atom stereocenters. The molecule has 214 valence electrons. The first-order valence-corrected chi connectivity index (χ1v) is 15.6.